The molecule has 2 nitrogen and oxygen atoms in total. The molecule has 20 heavy (non-hydrogen) atoms. The van der Waals surface area contributed by atoms with Crippen molar-refractivity contribution < 1.29 is 8.78 Å². The normalized spacial score (nSPS) is 20.6. The van der Waals surface area contributed by atoms with Gasteiger partial charge in [-0.2, -0.15) is 0 Å². The summed E-state index contributed by atoms with van der Waals surface area (Å²) < 4.78 is 26.6. The Balaban J connectivity index is 1.97. The molecule has 1 aromatic carbocycles. The summed E-state index contributed by atoms with van der Waals surface area (Å²) in [7, 11) is 0. The van der Waals surface area contributed by atoms with Gasteiger partial charge in [-0.25, -0.2) is 8.78 Å². The van der Waals surface area contributed by atoms with Crippen molar-refractivity contribution >= 4 is 0 Å². The Morgan fingerprint density at radius 1 is 1.30 bits per heavy atom. The van der Waals surface area contributed by atoms with Crippen LogP contribution in [0.4, 0.5) is 8.78 Å². The summed E-state index contributed by atoms with van der Waals surface area (Å²) in [5.41, 5.74) is 0.670. The predicted octanol–water partition coefficient (Wildman–Crippen LogP) is 3.32. The standard InChI is InChI=1S/C16H24F2N2/c1-16(2,3)19-10-14-5-4-8-20(14)11-12-6-7-13(17)9-15(12)18/h6-7,9,14,19H,4-5,8,10-11H2,1-3H3. The number of hydrogen-bond donors (Lipinski definition) is 1. The monoisotopic (exact) mass is 282 g/mol. The van der Waals surface area contributed by atoms with Crippen molar-refractivity contribution in [3.63, 3.8) is 0 Å². The van der Waals surface area contributed by atoms with Crippen LogP contribution in [0.25, 0.3) is 0 Å². The van der Waals surface area contributed by atoms with Crippen LogP contribution < -0.4 is 5.32 Å². The zero-order valence-corrected chi connectivity index (χ0v) is 12.5. The van der Waals surface area contributed by atoms with Crippen molar-refractivity contribution in [2.45, 2.75) is 51.7 Å². The van der Waals surface area contributed by atoms with Crippen LogP contribution >= 0.6 is 0 Å². The van der Waals surface area contributed by atoms with Crippen molar-refractivity contribution in [3.05, 3.63) is 35.4 Å². The zero-order valence-electron chi connectivity index (χ0n) is 12.5. The van der Waals surface area contributed by atoms with Crippen molar-refractivity contribution in [2.24, 2.45) is 0 Å². The van der Waals surface area contributed by atoms with E-state index in [9.17, 15) is 8.78 Å². The molecule has 1 N–H and O–H groups in total. The van der Waals surface area contributed by atoms with Gasteiger partial charge in [-0.3, -0.25) is 4.90 Å². The van der Waals surface area contributed by atoms with Crippen LogP contribution in [-0.2, 0) is 6.54 Å². The maximum atomic E-state index is 13.7. The molecule has 1 unspecified atom stereocenters. The Kier molecular flexibility index (Phi) is 4.76. The summed E-state index contributed by atoms with van der Waals surface area (Å²) in [6.07, 6.45) is 2.27. The number of hydrogen-bond acceptors (Lipinski definition) is 2. The minimum atomic E-state index is -0.515. The van der Waals surface area contributed by atoms with Gasteiger partial charge in [0.1, 0.15) is 11.6 Å². The van der Waals surface area contributed by atoms with E-state index in [1.807, 2.05) is 0 Å². The topological polar surface area (TPSA) is 15.3 Å². The van der Waals surface area contributed by atoms with Crippen LogP contribution in [-0.4, -0.2) is 29.6 Å². The van der Waals surface area contributed by atoms with E-state index < -0.39 is 11.6 Å². The van der Waals surface area contributed by atoms with Crippen LogP contribution in [0.5, 0.6) is 0 Å². The van der Waals surface area contributed by atoms with Crippen LogP contribution in [0.3, 0.4) is 0 Å². The molecule has 1 aromatic rings. The number of benzene rings is 1. The molecule has 2 rings (SSSR count). The lowest BCUT2D eigenvalue weighted by Crippen LogP contribution is -2.45. The average molecular weight is 282 g/mol. The fourth-order valence-electron chi connectivity index (χ4n) is 2.63. The second-order valence-electron chi connectivity index (χ2n) is 6.63. The van der Waals surface area contributed by atoms with E-state index in [1.54, 1.807) is 6.07 Å². The molecule has 0 bridgehead atoms. The van der Waals surface area contributed by atoms with E-state index in [4.69, 9.17) is 0 Å². The van der Waals surface area contributed by atoms with Crippen LogP contribution in [0, 0.1) is 11.6 Å². The number of nitrogens with zero attached hydrogens (tertiary/aromatic N) is 1. The van der Waals surface area contributed by atoms with Gasteiger partial charge in [-0.1, -0.05) is 6.07 Å². The van der Waals surface area contributed by atoms with E-state index >= 15 is 0 Å². The third kappa shape index (κ3) is 4.25. The summed E-state index contributed by atoms with van der Waals surface area (Å²) in [5, 5.41) is 3.51. The van der Waals surface area contributed by atoms with E-state index in [2.05, 4.69) is 31.0 Å². The maximum absolute atomic E-state index is 13.7. The first-order valence-corrected chi connectivity index (χ1v) is 7.28. The third-order valence-electron chi connectivity index (χ3n) is 3.76. The Morgan fingerprint density at radius 2 is 2.05 bits per heavy atom. The first kappa shape index (κ1) is 15.4. The molecule has 1 heterocycles. The fourth-order valence-corrected chi connectivity index (χ4v) is 2.63. The van der Waals surface area contributed by atoms with Gasteiger partial charge in [0.2, 0.25) is 0 Å². The van der Waals surface area contributed by atoms with Gasteiger partial charge >= 0.3 is 0 Å². The molecule has 0 aromatic heterocycles. The Bertz CT molecular complexity index is 454. The quantitative estimate of drug-likeness (QED) is 0.911. The first-order chi connectivity index (χ1) is 9.35. The summed E-state index contributed by atoms with van der Waals surface area (Å²) >= 11 is 0. The van der Waals surface area contributed by atoms with Gasteiger partial charge in [0.15, 0.2) is 0 Å². The minimum absolute atomic E-state index is 0.0926. The number of rotatable bonds is 4. The molecule has 112 valence electrons. The molecular formula is C16H24F2N2. The highest BCUT2D eigenvalue weighted by Crippen LogP contribution is 2.21. The lowest BCUT2D eigenvalue weighted by atomic mass is 10.1. The highest BCUT2D eigenvalue weighted by atomic mass is 19.1. The summed E-state index contributed by atoms with van der Waals surface area (Å²) in [5.74, 6) is -0.960. The van der Waals surface area contributed by atoms with Gasteiger partial charge in [-0.15, -0.1) is 0 Å². The Morgan fingerprint density at radius 3 is 2.70 bits per heavy atom. The van der Waals surface area contributed by atoms with E-state index in [-0.39, 0.29) is 5.54 Å². The lowest BCUT2D eigenvalue weighted by molar-refractivity contribution is 0.223. The van der Waals surface area contributed by atoms with Gasteiger partial charge in [-0.05, 0) is 46.2 Å². The fraction of sp³-hybridized carbons (Fsp3) is 0.625. The third-order valence-corrected chi connectivity index (χ3v) is 3.76. The Labute approximate surface area is 120 Å². The zero-order chi connectivity index (χ0) is 14.8. The molecule has 0 saturated carbocycles. The summed E-state index contributed by atoms with van der Waals surface area (Å²) in [4.78, 5) is 2.29. The molecule has 0 amide bonds. The van der Waals surface area contributed by atoms with E-state index in [0.717, 1.165) is 32.0 Å². The molecule has 1 fully saturated rings. The smallest absolute Gasteiger partial charge is 0.130 e. The van der Waals surface area contributed by atoms with Crippen LogP contribution in [0.1, 0.15) is 39.2 Å². The molecule has 1 aliphatic rings. The summed E-state index contributed by atoms with van der Waals surface area (Å²) in [6.45, 7) is 8.88. The van der Waals surface area contributed by atoms with Crippen molar-refractivity contribution in [2.75, 3.05) is 13.1 Å². The number of halogens is 2. The second-order valence-corrected chi connectivity index (χ2v) is 6.63. The maximum Gasteiger partial charge on any atom is 0.130 e. The van der Waals surface area contributed by atoms with E-state index in [0.29, 0.717) is 18.2 Å². The lowest BCUT2D eigenvalue weighted by Gasteiger charge is -2.29. The molecule has 4 heteroatoms. The molecule has 0 radical (unpaired) electrons. The molecular weight excluding hydrogens is 258 g/mol. The Hall–Kier alpha value is -1.00. The molecule has 1 saturated heterocycles. The number of nitrogens with one attached hydrogen (secondary N) is 1. The van der Waals surface area contributed by atoms with Crippen LogP contribution in [0.2, 0.25) is 0 Å². The van der Waals surface area contributed by atoms with Crippen molar-refractivity contribution in [1.82, 2.24) is 10.2 Å². The number of likely N-dealkylation sites (tertiary alicyclic amines) is 1. The van der Waals surface area contributed by atoms with E-state index in [1.165, 1.54) is 6.07 Å². The highest BCUT2D eigenvalue weighted by molar-refractivity contribution is 5.18. The van der Waals surface area contributed by atoms with Gasteiger partial charge in [0, 0.05) is 36.3 Å². The van der Waals surface area contributed by atoms with Crippen molar-refractivity contribution in [3.8, 4) is 0 Å². The van der Waals surface area contributed by atoms with Gasteiger partial charge < -0.3 is 5.32 Å². The molecule has 0 spiro atoms. The average Bonchev–Trinajstić information content (AvgIpc) is 2.77. The molecule has 1 aliphatic heterocycles. The second kappa shape index (κ2) is 6.19. The SMILES string of the molecule is CC(C)(C)NCC1CCCN1Cc1ccc(F)cc1F. The molecule has 1 atom stereocenters. The van der Waals surface area contributed by atoms with Crippen molar-refractivity contribution in [1.29, 1.82) is 0 Å². The van der Waals surface area contributed by atoms with Crippen LogP contribution in [0.15, 0.2) is 18.2 Å². The predicted molar refractivity (Wildman–Crippen MR) is 77.5 cm³/mol. The minimum Gasteiger partial charge on any atom is -0.311 e. The largest absolute Gasteiger partial charge is 0.311 e. The molecule has 0 aliphatic carbocycles. The highest BCUT2D eigenvalue weighted by Gasteiger charge is 2.26. The van der Waals surface area contributed by atoms with Gasteiger partial charge in [0.25, 0.3) is 0 Å². The summed E-state index contributed by atoms with van der Waals surface area (Å²) in [6, 6.07) is 4.28. The first-order valence-electron chi connectivity index (χ1n) is 7.28. The van der Waals surface area contributed by atoms with Gasteiger partial charge in [0.05, 0.1) is 0 Å².